The summed E-state index contributed by atoms with van der Waals surface area (Å²) < 4.78 is 19.9. The molecule has 20 heavy (non-hydrogen) atoms. The molecule has 0 N–H and O–H groups in total. The third kappa shape index (κ3) is 6.91. The summed E-state index contributed by atoms with van der Waals surface area (Å²) >= 11 is 2.48. The molecular weight excluding hydrogens is 366 g/mol. The lowest BCUT2D eigenvalue weighted by Gasteiger charge is -2.19. The summed E-state index contributed by atoms with van der Waals surface area (Å²) in [5.74, 6) is 2.01. The van der Waals surface area contributed by atoms with Gasteiger partial charge in [-0.3, -0.25) is 0 Å². The quantitative estimate of drug-likeness (QED) is 0.358. The van der Waals surface area contributed by atoms with E-state index in [-0.39, 0.29) is 5.82 Å². The summed E-state index contributed by atoms with van der Waals surface area (Å²) in [6.45, 7) is 5.24. The number of rotatable bonds is 10. The average molecular weight is 392 g/mol. The highest BCUT2D eigenvalue weighted by Gasteiger charge is 2.12. The van der Waals surface area contributed by atoms with Crippen LogP contribution in [0.3, 0.4) is 0 Å². The van der Waals surface area contributed by atoms with Crippen molar-refractivity contribution in [2.24, 2.45) is 11.8 Å². The first-order valence-corrected chi connectivity index (χ1v) is 9.16. The van der Waals surface area contributed by atoms with Crippen LogP contribution in [0.5, 0.6) is 5.75 Å². The molecule has 1 rings (SSSR count). The summed E-state index contributed by atoms with van der Waals surface area (Å²) in [6, 6.07) is 6.32. The number of alkyl halides is 1. The van der Waals surface area contributed by atoms with Crippen LogP contribution in [0.1, 0.15) is 46.0 Å². The van der Waals surface area contributed by atoms with Crippen molar-refractivity contribution in [3.63, 3.8) is 0 Å². The number of ether oxygens (including phenoxy) is 1. The van der Waals surface area contributed by atoms with E-state index in [0.717, 1.165) is 18.3 Å². The maximum atomic E-state index is 12.8. The van der Waals surface area contributed by atoms with Crippen LogP contribution >= 0.6 is 22.6 Å². The summed E-state index contributed by atoms with van der Waals surface area (Å²) in [6.07, 6.45) is 6.19. The van der Waals surface area contributed by atoms with E-state index >= 15 is 0 Å². The Morgan fingerprint density at radius 3 is 2.25 bits per heavy atom. The summed E-state index contributed by atoms with van der Waals surface area (Å²) in [7, 11) is 0. The Balaban J connectivity index is 2.39. The monoisotopic (exact) mass is 392 g/mol. The molecule has 2 atom stereocenters. The lowest BCUT2D eigenvalue weighted by atomic mass is 9.93. The molecule has 0 heterocycles. The van der Waals surface area contributed by atoms with Gasteiger partial charge in [-0.1, -0.05) is 49.3 Å². The summed E-state index contributed by atoms with van der Waals surface area (Å²) in [5.41, 5.74) is 0. The zero-order chi connectivity index (χ0) is 14.8. The second-order valence-electron chi connectivity index (χ2n) is 5.43. The van der Waals surface area contributed by atoms with Crippen LogP contribution in [-0.4, -0.2) is 11.0 Å². The Morgan fingerprint density at radius 1 is 1.05 bits per heavy atom. The van der Waals surface area contributed by atoms with Gasteiger partial charge in [-0.25, -0.2) is 4.39 Å². The fraction of sp³-hybridized carbons (Fsp3) is 0.647. The number of benzene rings is 1. The van der Waals surface area contributed by atoms with Crippen LogP contribution < -0.4 is 4.74 Å². The van der Waals surface area contributed by atoms with Gasteiger partial charge in [0.05, 0.1) is 6.61 Å². The second-order valence-corrected chi connectivity index (χ2v) is 6.31. The Hall–Kier alpha value is -0.320. The minimum atomic E-state index is -0.213. The maximum Gasteiger partial charge on any atom is 0.123 e. The van der Waals surface area contributed by atoms with Crippen LogP contribution in [0.25, 0.3) is 0 Å². The third-order valence-electron chi connectivity index (χ3n) is 3.77. The van der Waals surface area contributed by atoms with Crippen molar-refractivity contribution in [2.75, 3.05) is 11.0 Å². The van der Waals surface area contributed by atoms with Crippen molar-refractivity contribution < 1.29 is 9.13 Å². The van der Waals surface area contributed by atoms with Gasteiger partial charge < -0.3 is 4.74 Å². The fourth-order valence-electron chi connectivity index (χ4n) is 2.33. The maximum absolute atomic E-state index is 12.8. The molecule has 0 aliphatic carbocycles. The highest BCUT2D eigenvalue weighted by molar-refractivity contribution is 14.1. The van der Waals surface area contributed by atoms with Gasteiger partial charge in [0.2, 0.25) is 0 Å². The Kier molecular flexibility index (Phi) is 9.23. The molecule has 1 aromatic carbocycles. The molecular formula is C17H26FIO. The molecule has 0 saturated heterocycles. The van der Waals surface area contributed by atoms with Gasteiger partial charge in [-0.2, -0.15) is 0 Å². The van der Waals surface area contributed by atoms with E-state index in [2.05, 4.69) is 36.4 Å². The van der Waals surface area contributed by atoms with E-state index in [9.17, 15) is 4.39 Å². The van der Waals surface area contributed by atoms with E-state index < -0.39 is 0 Å². The first-order chi connectivity index (χ1) is 9.69. The number of halogens is 2. The van der Waals surface area contributed by atoms with Crippen molar-refractivity contribution in [3.05, 3.63) is 30.1 Å². The van der Waals surface area contributed by atoms with Crippen LogP contribution in [0.15, 0.2) is 24.3 Å². The van der Waals surface area contributed by atoms with E-state index in [4.69, 9.17) is 4.74 Å². The van der Waals surface area contributed by atoms with Gasteiger partial charge in [-0.15, -0.1) is 0 Å². The SMILES string of the molecule is CCC[C@H](CCC(CC)CI)COc1ccc(F)cc1. The van der Waals surface area contributed by atoms with Gasteiger partial charge >= 0.3 is 0 Å². The largest absolute Gasteiger partial charge is 0.493 e. The normalized spacial score (nSPS) is 14.0. The lowest BCUT2D eigenvalue weighted by molar-refractivity contribution is 0.222. The topological polar surface area (TPSA) is 9.23 Å². The Bertz CT molecular complexity index is 349. The van der Waals surface area contributed by atoms with Gasteiger partial charge in [-0.05, 0) is 55.4 Å². The minimum Gasteiger partial charge on any atom is -0.493 e. The molecule has 1 unspecified atom stereocenters. The van der Waals surface area contributed by atoms with Gasteiger partial charge in [0.15, 0.2) is 0 Å². The smallest absolute Gasteiger partial charge is 0.123 e. The highest BCUT2D eigenvalue weighted by atomic mass is 127. The Labute approximate surface area is 136 Å². The lowest BCUT2D eigenvalue weighted by Crippen LogP contribution is -2.14. The van der Waals surface area contributed by atoms with E-state index in [1.807, 2.05) is 0 Å². The van der Waals surface area contributed by atoms with Gasteiger partial charge in [0.25, 0.3) is 0 Å². The molecule has 0 aliphatic rings. The first-order valence-electron chi connectivity index (χ1n) is 7.63. The fourth-order valence-corrected chi connectivity index (χ4v) is 3.39. The van der Waals surface area contributed by atoms with Crippen LogP contribution in [0.2, 0.25) is 0 Å². The Morgan fingerprint density at radius 2 is 1.70 bits per heavy atom. The molecule has 1 aromatic rings. The highest BCUT2D eigenvalue weighted by Crippen LogP contribution is 2.22. The van der Waals surface area contributed by atoms with Crippen LogP contribution in [0.4, 0.5) is 4.39 Å². The molecule has 0 fully saturated rings. The van der Waals surface area contributed by atoms with E-state index in [0.29, 0.717) is 5.92 Å². The van der Waals surface area contributed by atoms with Gasteiger partial charge in [0.1, 0.15) is 11.6 Å². The zero-order valence-corrected chi connectivity index (χ0v) is 14.7. The average Bonchev–Trinajstić information content (AvgIpc) is 2.47. The second kappa shape index (κ2) is 10.4. The van der Waals surface area contributed by atoms with Crippen molar-refractivity contribution >= 4 is 22.6 Å². The zero-order valence-electron chi connectivity index (χ0n) is 12.6. The molecule has 1 nitrogen and oxygen atoms in total. The minimum absolute atomic E-state index is 0.213. The molecule has 0 amide bonds. The van der Waals surface area contributed by atoms with E-state index in [1.165, 1.54) is 48.7 Å². The summed E-state index contributed by atoms with van der Waals surface area (Å²) in [5, 5.41) is 0. The molecule has 0 bridgehead atoms. The summed E-state index contributed by atoms with van der Waals surface area (Å²) in [4.78, 5) is 0. The predicted octanol–water partition coefficient (Wildman–Crippen LogP) is 5.86. The van der Waals surface area contributed by atoms with Crippen molar-refractivity contribution in [2.45, 2.75) is 46.0 Å². The standard InChI is InChI=1S/C17H26FIO/c1-3-5-15(7-6-14(4-2)12-19)13-20-17-10-8-16(18)9-11-17/h8-11,14-15H,3-7,12-13H2,1-2H3/t14?,15-/m1/s1. The van der Waals surface area contributed by atoms with E-state index in [1.54, 1.807) is 12.1 Å². The van der Waals surface area contributed by atoms with Crippen molar-refractivity contribution in [1.29, 1.82) is 0 Å². The molecule has 0 aliphatic heterocycles. The van der Waals surface area contributed by atoms with Crippen LogP contribution in [-0.2, 0) is 0 Å². The first kappa shape index (κ1) is 17.7. The number of hydrogen-bond acceptors (Lipinski definition) is 1. The molecule has 114 valence electrons. The van der Waals surface area contributed by atoms with Crippen LogP contribution in [0, 0.1) is 17.7 Å². The molecule has 0 saturated carbocycles. The third-order valence-corrected chi connectivity index (χ3v) is 5.02. The molecule has 0 radical (unpaired) electrons. The predicted molar refractivity (Wildman–Crippen MR) is 92.2 cm³/mol. The molecule has 0 aromatic heterocycles. The van der Waals surface area contributed by atoms with Crippen molar-refractivity contribution in [3.8, 4) is 5.75 Å². The molecule has 0 spiro atoms. The van der Waals surface area contributed by atoms with Gasteiger partial charge in [0, 0.05) is 4.43 Å². The number of hydrogen-bond donors (Lipinski definition) is 0. The van der Waals surface area contributed by atoms with Crippen molar-refractivity contribution in [1.82, 2.24) is 0 Å². The molecule has 3 heteroatoms.